The second-order valence-corrected chi connectivity index (χ2v) is 9.79. The third-order valence-corrected chi connectivity index (χ3v) is 7.01. The molecule has 0 atom stereocenters. The van der Waals surface area contributed by atoms with Gasteiger partial charge < -0.3 is 25.0 Å². The molecule has 0 unspecified atom stereocenters. The van der Waals surface area contributed by atoms with E-state index in [1.54, 1.807) is 11.8 Å². The van der Waals surface area contributed by atoms with Crippen molar-refractivity contribution in [1.29, 1.82) is 0 Å². The van der Waals surface area contributed by atoms with Crippen LogP contribution in [-0.4, -0.2) is 48.8 Å². The summed E-state index contributed by atoms with van der Waals surface area (Å²) in [6.45, 7) is 5.28. The molecule has 8 nitrogen and oxygen atoms in total. The molecule has 0 radical (unpaired) electrons. The highest BCUT2D eigenvalue weighted by molar-refractivity contribution is 7.99. The molecule has 9 heteroatoms. The van der Waals surface area contributed by atoms with E-state index >= 15 is 0 Å². The Morgan fingerprint density at radius 1 is 0.974 bits per heavy atom. The standard InChI is InChI=1S/C29H29N5O3S/c1-21-19-30-29(32-23-7-11-24(12-8-23)34-15-17-36-18-16-34)33-28(21)38-26-13-9-22(10-14-26)31-27(35)20-37-25-5-3-2-4-6-25/h2-14,19H,15-18,20H2,1H3,(H,31,35)(H,30,32,33). The van der Waals surface area contributed by atoms with Crippen LogP contribution in [0.4, 0.5) is 23.0 Å². The Kier molecular flexibility index (Phi) is 8.37. The van der Waals surface area contributed by atoms with Crippen molar-refractivity contribution in [2.75, 3.05) is 48.4 Å². The van der Waals surface area contributed by atoms with Gasteiger partial charge in [-0.1, -0.05) is 30.0 Å². The molecule has 1 aromatic heterocycles. The van der Waals surface area contributed by atoms with Gasteiger partial charge in [-0.15, -0.1) is 0 Å². The lowest BCUT2D eigenvalue weighted by molar-refractivity contribution is -0.118. The number of ether oxygens (including phenoxy) is 2. The van der Waals surface area contributed by atoms with Crippen molar-refractivity contribution in [3.05, 3.63) is 90.6 Å². The Balaban J connectivity index is 1.16. The van der Waals surface area contributed by atoms with Crippen molar-refractivity contribution in [2.24, 2.45) is 0 Å². The molecule has 3 aromatic carbocycles. The van der Waals surface area contributed by atoms with Crippen LogP contribution in [0, 0.1) is 6.92 Å². The summed E-state index contributed by atoms with van der Waals surface area (Å²) in [5, 5.41) is 7.02. The van der Waals surface area contributed by atoms with Crippen molar-refractivity contribution < 1.29 is 14.3 Å². The Hall–Kier alpha value is -4.08. The molecular formula is C29H29N5O3S. The minimum absolute atomic E-state index is 0.0492. The Bertz CT molecular complexity index is 1350. The van der Waals surface area contributed by atoms with E-state index < -0.39 is 0 Å². The van der Waals surface area contributed by atoms with Crippen molar-refractivity contribution in [1.82, 2.24) is 9.97 Å². The molecule has 2 heterocycles. The molecule has 194 valence electrons. The number of carbonyl (C=O) groups is 1. The number of aryl methyl sites for hydroxylation is 1. The van der Waals surface area contributed by atoms with Gasteiger partial charge in [0.2, 0.25) is 5.95 Å². The van der Waals surface area contributed by atoms with E-state index in [1.807, 2.05) is 79.9 Å². The van der Waals surface area contributed by atoms with Crippen LogP contribution in [0.2, 0.25) is 0 Å². The summed E-state index contributed by atoms with van der Waals surface area (Å²) in [6, 6.07) is 25.2. The summed E-state index contributed by atoms with van der Waals surface area (Å²) in [7, 11) is 0. The molecule has 1 amide bonds. The van der Waals surface area contributed by atoms with Crippen molar-refractivity contribution in [3.63, 3.8) is 0 Å². The smallest absolute Gasteiger partial charge is 0.262 e. The van der Waals surface area contributed by atoms with Gasteiger partial charge in [-0.25, -0.2) is 9.97 Å². The average Bonchev–Trinajstić information content (AvgIpc) is 2.96. The first-order chi connectivity index (χ1) is 18.6. The van der Waals surface area contributed by atoms with E-state index in [-0.39, 0.29) is 12.5 Å². The van der Waals surface area contributed by atoms with Gasteiger partial charge in [0.15, 0.2) is 6.61 Å². The van der Waals surface area contributed by atoms with E-state index in [0.717, 1.165) is 47.5 Å². The van der Waals surface area contributed by atoms with Crippen LogP contribution < -0.4 is 20.3 Å². The maximum absolute atomic E-state index is 12.2. The van der Waals surface area contributed by atoms with Gasteiger partial charge in [0.1, 0.15) is 10.8 Å². The van der Waals surface area contributed by atoms with Gasteiger partial charge in [-0.05, 0) is 67.6 Å². The minimum Gasteiger partial charge on any atom is -0.484 e. The number of nitrogens with zero attached hydrogens (tertiary/aromatic N) is 3. The molecule has 0 saturated carbocycles. The van der Waals surface area contributed by atoms with Crippen LogP contribution in [0.1, 0.15) is 5.56 Å². The fourth-order valence-corrected chi connectivity index (χ4v) is 4.72. The summed E-state index contributed by atoms with van der Waals surface area (Å²) in [6.07, 6.45) is 1.82. The third-order valence-electron chi connectivity index (χ3n) is 5.89. The summed E-state index contributed by atoms with van der Waals surface area (Å²) in [4.78, 5) is 24.7. The number of morpholine rings is 1. The molecule has 1 fully saturated rings. The van der Waals surface area contributed by atoms with Crippen LogP contribution in [-0.2, 0) is 9.53 Å². The summed E-state index contributed by atoms with van der Waals surface area (Å²) < 4.78 is 10.9. The van der Waals surface area contributed by atoms with Gasteiger partial charge in [0.05, 0.1) is 13.2 Å². The Morgan fingerprint density at radius 3 is 2.42 bits per heavy atom. The molecule has 1 saturated heterocycles. The first-order valence-corrected chi connectivity index (χ1v) is 13.2. The van der Waals surface area contributed by atoms with Gasteiger partial charge >= 0.3 is 0 Å². The van der Waals surface area contributed by atoms with E-state index in [0.29, 0.717) is 17.4 Å². The lowest BCUT2D eigenvalue weighted by Crippen LogP contribution is -2.36. The maximum atomic E-state index is 12.2. The topological polar surface area (TPSA) is 88.6 Å². The number of nitrogens with one attached hydrogen (secondary N) is 2. The SMILES string of the molecule is Cc1cnc(Nc2ccc(N3CCOCC3)cc2)nc1Sc1ccc(NC(=O)COc2ccccc2)cc1. The Morgan fingerprint density at radius 2 is 1.68 bits per heavy atom. The monoisotopic (exact) mass is 527 g/mol. The number of rotatable bonds is 9. The molecule has 4 aromatic rings. The fourth-order valence-electron chi connectivity index (χ4n) is 3.88. The highest BCUT2D eigenvalue weighted by Gasteiger charge is 2.12. The largest absolute Gasteiger partial charge is 0.484 e. The van der Waals surface area contributed by atoms with Gasteiger partial charge in [0, 0.05) is 46.8 Å². The predicted molar refractivity (Wildman–Crippen MR) is 151 cm³/mol. The summed E-state index contributed by atoms with van der Waals surface area (Å²) in [5.41, 5.74) is 3.80. The van der Waals surface area contributed by atoms with Crippen LogP contribution in [0.5, 0.6) is 5.75 Å². The predicted octanol–water partition coefficient (Wildman–Crippen LogP) is 5.53. The van der Waals surface area contributed by atoms with Crippen LogP contribution >= 0.6 is 11.8 Å². The number of para-hydroxylation sites is 1. The van der Waals surface area contributed by atoms with Crippen LogP contribution in [0.15, 0.2) is 95.0 Å². The van der Waals surface area contributed by atoms with Crippen molar-refractivity contribution >= 4 is 40.7 Å². The number of hydrogen-bond donors (Lipinski definition) is 2. The quantitative estimate of drug-likeness (QED) is 0.275. The van der Waals surface area contributed by atoms with Crippen LogP contribution in [0.3, 0.4) is 0 Å². The zero-order valence-corrected chi connectivity index (χ0v) is 21.9. The van der Waals surface area contributed by atoms with Gasteiger partial charge in [0.25, 0.3) is 5.91 Å². The molecular weight excluding hydrogens is 498 g/mol. The molecule has 0 aliphatic carbocycles. The van der Waals surface area contributed by atoms with E-state index in [4.69, 9.17) is 14.5 Å². The third kappa shape index (κ3) is 7.02. The number of amides is 1. The lowest BCUT2D eigenvalue weighted by atomic mass is 10.2. The zero-order chi connectivity index (χ0) is 26.2. The minimum atomic E-state index is -0.213. The molecule has 0 bridgehead atoms. The molecule has 5 rings (SSSR count). The van der Waals surface area contributed by atoms with Crippen molar-refractivity contribution in [2.45, 2.75) is 16.8 Å². The molecule has 2 N–H and O–H groups in total. The van der Waals surface area contributed by atoms with E-state index in [2.05, 4.69) is 32.7 Å². The van der Waals surface area contributed by atoms with Gasteiger partial charge in [-0.3, -0.25) is 4.79 Å². The molecule has 0 spiro atoms. The van der Waals surface area contributed by atoms with E-state index in [1.165, 1.54) is 5.69 Å². The summed E-state index contributed by atoms with van der Waals surface area (Å²) in [5.74, 6) is 0.989. The highest BCUT2D eigenvalue weighted by atomic mass is 32.2. The highest BCUT2D eigenvalue weighted by Crippen LogP contribution is 2.30. The number of hydrogen-bond acceptors (Lipinski definition) is 8. The first kappa shape index (κ1) is 25.6. The second-order valence-electron chi connectivity index (χ2n) is 8.73. The average molecular weight is 528 g/mol. The second kappa shape index (κ2) is 12.4. The fraction of sp³-hybridized carbons (Fsp3) is 0.207. The molecule has 38 heavy (non-hydrogen) atoms. The number of aromatic nitrogens is 2. The molecule has 1 aliphatic rings. The normalized spacial score (nSPS) is 13.1. The number of carbonyl (C=O) groups excluding carboxylic acids is 1. The van der Waals surface area contributed by atoms with Crippen LogP contribution in [0.25, 0.3) is 0 Å². The summed E-state index contributed by atoms with van der Waals surface area (Å²) >= 11 is 1.55. The van der Waals surface area contributed by atoms with Crippen molar-refractivity contribution in [3.8, 4) is 5.75 Å². The zero-order valence-electron chi connectivity index (χ0n) is 21.1. The van der Waals surface area contributed by atoms with Gasteiger partial charge in [-0.2, -0.15) is 0 Å². The Labute approximate surface area is 226 Å². The number of benzene rings is 3. The lowest BCUT2D eigenvalue weighted by Gasteiger charge is -2.28. The maximum Gasteiger partial charge on any atom is 0.262 e. The number of anilines is 4. The van der Waals surface area contributed by atoms with E-state index in [9.17, 15) is 4.79 Å². The molecule has 1 aliphatic heterocycles. The first-order valence-electron chi connectivity index (χ1n) is 12.4.